The summed E-state index contributed by atoms with van der Waals surface area (Å²) in [5, 5.41) is 3.06. The molecule has 4 heteroatoms. The Morgan fingerprint density at radius 2 is 1.77 bits per heavy atom. The summed E-state index contributed by atoms with van der Waals surface area (Å²) >= 11 is 0. The maximum absolute atomic E-state index is 5.83. The molecule has 0 heterocycles. The number of nitrogens with one attached hydrogen (secondary N) is 1. The Bertz CT molecular complexity index is 579. The van der Waals surface area contributed by atoms with Crippen molar-refractivity contribution in [2.24, 2.45) is 10.7 Å². The molecule has 0 saturated heterocycles. The van der Waals surface area contributed by atoms with Crippen LogP contribution in [-0.4, -0.2) is 19.1 Å². The van der Waals surface area contributed by atoms with Crippen LogP contribution in [0.1, 0.15) is 18.4 Å². The quantitative estimate of drug-likeness (QED) is 0.466. The Labute approximate surface area is 132 Å². The lowest BCUT2D eigenvalue weighted by Crippen LogP contribution is -2.22. The van der Waals surface area contributed by atoms with Crippen LogP contribution in [0.25, 0.3) is 0 Å². The molecule has 0 bridgehead atoms. The molecule has 2 aromatic rings. The minimum absolute atomic E-state index is 0.450. The van der Waals surface area contributed by atoms with Crippen LogP contribution >= 0.6 is 0 Å². The summed E-state index contributed by atoms with van der Waals surface area (Å²) in [7, 11) is 0. The molecular weight excluding hydrogens is 274 g/mol. The topological polar surface area (TPSA) is 59.6 Å². The number of nitrogens with zero attached hydrogens (tertiary/aromatic N) is 1. The molecule has 0 fully saturated rings. The molecule has 116 valence electrons. The molecule has 4 nitrogen and oxygen atoms in total. The summed E-state index contributed by atoms with van der Waals surface area (Å²) < 4.78 is 5.67. The van der Waals surface area contributed by atoms with E-state index in [9.17, 15) is 0 Å². The predicted molar refractivity (Wildman–Crippen MR) is 92.5 cm³/mol. The lowest BCUT2D eigenvalue weighted by Gasteiger charge is -2.06. The molecule has 0 amide bonds. The van der Waals surface area contributed by atoms with Crippen LogP contribution in [0.3, 0.4) is 0 Å². The van der Waals surface area contributed by atoms with Gasteiger partial charge >= 0.3 is 0 Å². The minimum atomic E-state index is 0.450. The summed E-state index contributed by atoms with van der Waals surface area (Å²) in [5.74, 6) is 1.37. The van der Waals surface area contributed by atoms with Crippen LogP contribution < -0.4 is 15.8 Å². The van der Waals surface area contributed by atoms with E-state index in [0.717, 1.165) is 24.3 Å². The van der Waals surface area contributed by atoms with Gasteiger partial charge < -0.3 is 15.8 Å². The van der Waals surface area contributed by atoms with Gasteiger partial charge in [0.05, 0.1) is 6.61 Å². The number of rotatable bonds is 7. The molecule has 0 aromatic heterocycles. The van der Waals surface area contributed by atoms with E-state index in [2.05, 4.69) is 29.4 Å². The van der Waals surface area contributed by atoms with E-state index in [4.69, 9.17) is 10.5 Å². The van der Waals surface area contributed by atoms with Crippen molar-refractivity contribution < 1.29 is 4.74 Å². The van der Waals surface area contributed by atoms with Gasteiger partial charge in [0, 0.05) is 12.2 Å². The van der Waals surface area contributed by atoms with Crippen LogP contribution in [0.15, 0.2) is 59.6 Å². The number of guanidine groups is 1. The van der Waals surface area contributed by atoms with E-state index in [0.29, 0.717) is 19.1 Å². The SMILES string of the molecule is Cc1ccc(OCCCCN=C(N)Nc2ccccc2)cc1. The van der Waals surface area contributed by atoms with Crippen molar-refractivity contribution in [2.45, 2.75) is 19.8 Å². The molecule has 22 heavy (non-hydrogen) atoms. The molecule has 3 N–H and O–H groups in total. The van der Waals surface area contributed by atoms with Gasteiger partial charge in [0.15, 0.2) is 5.96 Å². The Morgan fingerprint density at radius 3 is 2.50 bits per heavy atom. The summed E-state index contributed by atoms with van der Waals surface area (Å²) in [4.78, 5) is 4.30. The van der Waals surface area contributed by atoms with Gasteiger partial charge in [-0.05, 0) is 44.0 Å². The highest BCUT2D eigenvalue weighted by atomic mass is 16.5. The number of anilines is 1. The fourth-order valence-electron chi connectivity index (χ4n) is 1.95. The Kier molecular flexibility index (Phi) is 6.30. The van der Waals surface area contributed by atoms with Crippen LogP contribution in [0.5, 0.6) is 5.75 Å². The highest BCUT2D eigenvalue weighted by molar-refractivity contribution is 5.92. The number of benzene rings is 2. The number of hydrogen-bond acceptors (Lipinski definition) is 2. The number of nitrogens with two attached hydrogens (primary N) is 1. The second kappa shape index (κ2) is 8.72. The third-order valence-electron chi connectivity index (χ3n) is 3.17. The van der Waals surface area contributed by atoms with Gasteiger partial charge in [-0.2, -0.15) is 0 Å². The van der Waals surface area contributed by atoms with E-state index in [-0.39, 0.29) is 0 Å². The zero-order chi connectivity index (χ0) is 15.6. The standard InChI is InChI=1S/C18H23N3O/c1-15-9-11-17(12-10-15)22-14-6-5-13-20-18(19)21-16-7-3-2-4-8-16/h2-4,7-12H,5-6,13-14H2,1H3,(H3,19,20,21). The maximum atomic E-state index is 5.83. The highest BCUT2D eigenvalue weighted by Crippen LogP contribution is 2.11. The molecule has 0 atom stereocenters. The van der Waals surface area contributed by atoms with Crippen molar-refractivity contribution >= 4 is 11.6 Å². The van der Waals surface area contributed by atoms with Crippen molar-refractivity contribution in [2.75, 3.05) is 18.5 Å². The number of ether oxygens (including phenoxy) is 1. The van der Waals surface area contributed by atoms with Gasteiger partial charge in [-0.15, -0.1) is 0 Å². The van der Waals surface area contributed by atoms with Crippen molar-refractivity contribution in [1.82, 2.24) is 0 Å². The van der Waals surface area contributed by atoms with E-state index in [1.54, 1.807) is 0 Å². The Balaban J connectivity index is 1.60. The largest absolute Gasteiger partial charge is 0.494 e. The van der Waals surface area contributed by atoms with Crippen molar-refractivity contribution in [1.29, 1.82) is 0 Å². The second-order valence-corrected chi connectivity index (χ2v) is 5.13. The minimum Gasteiger partial charge on any atom is -0.494 e. The predicted octanol–water partition coefficient (Wildman–Crippen LogP) is 3.58. The number of hydrogen-bond donors (Lipinski definition) is 2. The zero-order valence-corrected chi connectivity index (χ0v) is 13.0. The Morgan fingerprint density at radius 1 is 1.05 bits per heavy atom. The molecule has 0 spiro atoms. The summed E-state index contributed by atoms with van der Waals surface area (Å²) in [6.45, 7) is 3.46. The first-order valence-electron chi connectivity index (χ1n) is 7.55. The number of aliphatic imine (C=N–C) groups is 1. The maximum Gasteiger partial charge on any atom is 0.193 e. The molecule has 2 aromatic carbocycles. The van der Waals surface area contributed by atoms with Gasteiger partial charge in [0.25, 0.3) is 0 Å². The molecule has 0 aliphatic heterocycles. The Hall–Kier alpha value is -2.49. The first-order valence-corrected chi connectivity index (χ1v) is 7.55. The third kappa shape index (κ3) is 5.87. The van der Waals surface area contributed by atoms with E-state index >= 15 is 0 Å². The molecule has 0 aliphatic carbocycles. The average molecular weight is 297 g/mol. The summed E-state index contributed by atoms with van der Waals surface area (Å²) in [5.41, 5.74) is 8.02. The van der Waals surface area contributed by atoms with Crippen LogP contribution in [-0.2, 0) is 0 Å². The molecule has 0 saturated carbocycles. The normalized spacial score (nSPS) is 11.2. The number of para-hydroxylation sites is 1. The second-order valence-electron chi connectivity index (χ2n) is 5.13. The summed E-state index contributed by atoms with van der Waals surface area (Å²) in [6.07, 6.45) is 1.90. The van der Waals surface area contributed by atoms with Crippen molar-refractivity contribution in [3.8, 4) is 5.75 Å². The lowest BCUT2D eigenvalue weighted by atomic mass is 10.2. The lowest BCUT2D eigenvalue weighted by molar-refractivity contribution is 0.308. The van der Waals surface area contributed by atoms with E-state index in [1.165, 1.54) is 5.56 Å². The number of unbranched alkanes of at least 4 members (excludes halogenated alkanes) is 1. The van der Waals surface area contributed by atoms with Gasteiger partial charge in [-0.25, -0.2) is 0 Å². The molecular formula is C18H23N3O. The molecule has 2 rings (SSSR count). The van der Waals surface area contributed by atoms with Gasteiger partial charge in [-0.1, -0.05) is 35.9 Å². The average Bonchev–Trinajstić information content (AvgIpc) is 2.53. The first kappa shape index (κ1) is 15.9. The highest BCUT2D eigenvalue weighted by Gasteiger charge is 1.95. The van der Waals surface area contributed by atoms with Crippen molar-refractivity contribution in [3.63, 3.8) is 0 Å². The van der Waals surface area contributed by atoms with Gasteiger partial charge in [-0.3, -0.25) is 4.99 Å². The van der Waals surface area contributed by atoms with Crippen LogP contribution in [0.2, 0.25) is 0 Å². The first-order chi connectivity index (χ1) is 10.7. The molecule has 0 unspecified atom stereocenters. The molecule has 0 radical (unpaired) electrons. The fourth-order valence-corrected chi connectivity index (χ4v) is 1.95. The van der Waals surface area contributed by atoms with Gasteiger partial charge in [0.2, 0.25) is 0 Å². The van der Waals surface area contributed by atoms with E-state index in [1.807, 2.05) is 42.5 Å². The smallest absolute Gasteiger partial charge is 0.193 e. The van der Waals surface area contributed by atoms with E-state index < -0.39 is 0 Å². The monoisotopic (exact) mass is 297 g/mol. The van der Waals surface area contributed by atoms with Crippen LogP contribution in [0.4, 0.5) is 5.69 Å². The third-order valence-corrected chi connectivity index (χ3v) is 3.17. The fraction of sp³-hybridized carbons (Fsp3) is 0.278. The zero-order valence-electron chi connectivity index (χ0n) is 13.0. The number of aryl methyl sites for hydroxylation is 1. The summed E-state index contributed by atoms with van der Waals surface area (Å²) in [6, 6.07) is 17.9. The van der Waals surface area contributed by atoms with Crippen molar-refractivity contribution in [3.05, 3.63) is 60.2 Å². The van der Waals surface area contributed by atoms with Gasteiger partial charge in [0.1, 0.15) is 5.75 Å². The molecule has 0 aliphatic rings. The van der Waals surface area contributed by atoms with Crippen LogP contribution in [0, 0.1) is 6.92 Å².